The molecule has 0 aromatic carbocycles. The fourth-order valence-corrected chi connectivity index (χ4v) is 0.567. The number of hydrogen-bond donors (Lipinski definition) is 0. The lowest BCUT2D eigenvalue weighted by molar-refractivity contribution is -0.144. The first-order valence-corrected chi connectivity index (χ1v) is 3.41. The van der Waals surface area contributed by atoms with Crippen molar-refractivity contribution >= 4 is 5.97 Å². The molecule has 1 unspecified atom stereocenters. The maximum absolute atomic E-state index is 10.3. The van der Waals surface area contributed by atoms with Gasteiger partial charge in [0.25, 0.3) is 0 Å². The summed E-state index contributed by atoms with van der Waals surface area (Å²) in [5.74, 6) is -0.258. The number of rotatable bonds is 4. The summed E-state index contributed by atoms with van der Waals surface area (Å²) in [6, 6.07) is 0. The number of esters is 1. The third kappa shape index (κ3) is 5.56. The van der Waals surface area contributed by atoms with Gasteiger partial charge in [0.05, 0.1) is 6.10 Å². The molecule has 0 aliphatic carbocycles. The first kappa shape index (κ1) is 9.43. The number of carbonyl (C=O) groups is 1. The normalized spacial score (nSPS) is 12.7. The molecular formula is C7H14O3. The monoisotopic (exact) mass is 146 g/mol. The SMILES string of the molecule is CCOC(C)COC(C)=O. The predicted octanol–water partition coefficient (Wildman–Crippen LogP) is 0.974. The van der Waals surface area contributed by atoms with Crippen LogP contribution in [0.3, 0.4) is 0 Å². The van der Waals surface area contributed by atoms with E-state index in [2.05, 4.69) is 0 Å². The van der Waals surface area contributed by atoms with Crippen LogP contribution in [0.2, 0.25) is 0 Å². The third-order valence-electron chi connectivity index (χ3n) is 0.972. The summed E-state index contributed by atoms with van der Waals surface area (Å²) in [4.78, 5) is 10.3. The predicted molar refractivity (Wildman–Crippen MR) is 37.7 cm³/mol. The second-order valence-electron chi connectivity index (χ2n) is 2.07. The van der Waals surface area contributed by atoms with Gasteiger partial charge in [0.1, 0.15) is 6.61 Å². The molecule has 0 rings (SSSR count). The molecule has 0 heterocycles. The van der Waals surface area contributed by atoms with E-state index >= 15 is 0 Å². The van der Waals surface area contributed by atoms with Crippen LogP contribution >= 0.6 is 0 Å². The second kappa shape index (κ2) is 5.23. The standard InChI is InChI=1S/C7H14O3/c1-4-9-6(2)5-10-7(3)8/h6H,4-5H2,1-3H3. The highest BCUT2D eigenvalue weighted by molar-refractivity contribution is 5.65. The lowest BCUT2D eigenvalue weighted by Crippen LogP contribution is -2.17. The summed E-state index contributed by atoms with van der Waals surface area (Å²) in [6.07, 6.45) is 0.00824. The lowest BCUT2D eigenvalue weighted by Gasteiger charge is -2.10. The Morgan fingerprint density at radius 3 is 2.60 bits per heavy atom. The zero-order chi connectivity index (χ0) is 7.98. The van der Waals surface area contributed by atoms with E-state index in [9.17, 15) is 4.79 Å². The summed E-state index contributed by atoms with van der Waals surface area (Å²) < 4.78 is 9.81. The molecule has 0 aromatic rings. The van der Waals surface area contributed by atoms with Crippen molar-refractivity contribution in [3.63, 3.8) is 0 Å². The van der Waals surface area contributed by atoms with Gasteiger partial charge in [0.15, 0.2) is 0 Å². The Kier molecular flexibility index (Phi) is 4.94. The first-order chi connectivity index (χ1) is 4.66. The molecule has 0 aliphatic rings. The highest BCUT2D eigenvalue weighted by Gasteiger charge is 2.01. The molecule has 0 saturated heterocycles. The topological polar surface area (TPSA) is 35.5 Å². The van der Waals surface area contributed by atoms with Crippen molar-refractivity contribution in [2.75, 3.05) is 13.2 Å². The van der Waals surface area contributed by atoms with Gasteiger partial charge in [-0.2, -0.15) is 0 Å². The van der Waals surface area contributed by atoms with Crippen LogP contribution in [-0.2, 0) is 14.3 Å². The van der Waals surface area contributed by atoms with Gasteiger partial charge in [0, 0.05) is 13.5 Å². The Hall–Kier alpha value is -0.570. The van der Waals surface area contributed by atoms with Crippen LogP contribution < -0.4 is 0 Å². The Balaban J connectivity index is 3.21. The van der Waals surface area contributed by atoms with Gasteiger partial charge >= 0.3 is 5.97 Å². The van der Waals surface area contributed by atoms with Gasteiger partial charge in [-0.05, 0) is 13.8 Å². The van der Waals surface area contributed by atoms with Crippen molar-refractivity contribution in [2.45, 2.75) is 26.9 Å². The van der Waals surface area contributed by atoms with E-state index in [1.165, 1.54) is 6.92 Å². The molecule has 0 spiro atoms. The average Bonchev–Trinajstić information content (AvgIpc) is 1.85. The molecule has 0 radical (unpaired) electrons. The van der Waals surface area contributed by atoms with Gasteiger partial charge in [-0.1, -0.05) is 0 Å². The third-order valence-corrected chi connectivity index (χ3v) is 0.972. The fourth-order valence-electron chi connectivity index (χ4n) is 0.567. The fraction of sp³-hybridized carbons (Fsp3) is 0.857. The molecule has 0 aromatic heterocycles. The Bertz CT molecular complexity index is 101. The molecule has 3 nitrogen and oxygen atoms in total. The summed E-state index contributed by atoms with van der Waals surface area (Å²) in [6.45, 7) is 6.17. The van der Waals surface area contributed by atoms with Gasteiger partial charge in [0.2, 0.25) is 0 Å². The molecule has 10 heavy (non-hydrogen) atoms. The van der Waals surface area contributed by atoms with Crippen LogP contribution in [0.5, 0.6) is 0 Å². The smallest absolute Gasteiger partial charge is 0.302 e. The van der Waals surface area contributed by atoms with Crippen LogP contribution in [-0.4, -0.2) is 25.3 Å². The minimum Gasteiger partial charge on any atom is -0.463 e. The molecule has 3 heteroatoms. The second-order valence-corrected chi connectivity index (χ2v) is 2.07. The summed E-state index contributed by atoms with van der Waals surface area (Å²) in [5, 5.41) is 0. The molecule has 0 saturated carbocycles. The highest BCUT2D eigenvalue weighted by atomic mass is 16.6. The number of ether oxygens (including phenoxy) is 2. The maximum atomic E-state index is 10.3. The van der Waals surface area contributed by atoms with Crippen molar-refractivity contribution in [1.29, 1.82) is 0 Å². The Morgan fingerprint density at radius 2 is 2.20 bits per heavy atom. The zero-order valence-corrected chi connectivity index (χ0v) is 6.72. The van der Waals surface area contributed by atoms with Crippen molar-refractivity contribution < 1.29 is 14.3 Å². The van der Waals surface area contributed by atoms with E-state index in [1.807, 2.05) is 13.8 Å². The van der Waals surface area contributed by atoms with Gasteiger partial charge < -0.3 is 9.47 Å². The molecule has 0 amide bonds. The molecule has 1 atom stereocenters. The van der Waals surface area contributed by atoms with E-state index in [-0.39, 0.29) is 12.1 Å². The van der Waals surface area contributed by atoms with Crippen LogP contribution in [0.1, 0.15) is 20.8 Å². The minimum atomic E-state index is -0.258. The molecule has 60 valence electrons. The molecule has 0 bridgehead atoms. The zero-order valence-electron chi connectivity index (χ0n) is 6.72. The van der Waals surface area contributed by atoms with E-state index in [4.69, 9.17) is 9.47 Å². The van der Waals surface area contributed by atoms with E-state index in [0.29, 0.717) is 13.2 Å². The van der Waals surface area contributed by atoms with Gasteiger partial charge in [-0.3, -0.25) is 4.79 Å². The van der Waals surface area contributed by atoms with E-state index in [1.54, 1.807) is 0 Å². The van der Waals surface area contributed by atoms with Crippen molar-refractivity contribution in [3.8, 4) is 0 Å². The van der Waals surface area contributed by atoms with Crippen molar-refractivity contribution in [1.82, 2.24) is 0 Å². The molecule has 0 aliphatic heterocycles. The Morgan fingerprint density at radius 1 is 1.60 bits per heavy atom. The van der Waals surface area contributed by atoms with Crippen molar-refractivity contribution in [3.05, 3.63) is 0 Å². The largest absolute Gasteiger partial charge is 0.463 e. The molecular weight excluding hydrogens is 132 g/mol. The Labute approximate surface area is 61.3 Å². The summed E-state index contributed by atoms with van der Waals surface area (Å²) in [5.41, 5.74) is 0. The number of hydrogen-bond acceptors (Lipinski definition) is 3. The van der Waals surface area contributed by atoms with Crippen LogP contribution in [0.15, 0.2) is 0 Å². The van der Waals surface area contributed by atoms with Gasteiger partial charge in [-0.15, -0.1) is 0 Å². The van der Waals surface area contributed by atoms with Crippen LogP contribution in [0.25, 0.3) is 0 Å². The minimum absolute atomic E-state index is 0.00824. The molecule has 0 fully saturated rings. The highest BCUT2D eigenvalue weighted by Crippen LogP contribution is 1.90. The van der Waals surface area contributed by atoms with E-state index < -0.39 is 0 Å². The van der Waals surface area contributed by atoms with Crippen LogP contribution in [0.4, 0.5) is 0 Å². The van der Waals surface area contributed by atoms with E-state index in [0.717, 1.165) is 0 Å². The molecule has 0 N–H and O–H groups in total. The lowest BCUT2D eigenvalue weighted by atomic mass is 10.4. The first-order valence-electron chi connectivity index (χ1n) is 3.41. The van der Waals surface area contributed by atoms with Gasteiger partial charge in [-0.25, -0.2) is 0 Å². The maximum Gasteiger partial charge on any atom is 0.302 e. The quantitative estimate of drug-likeness (QED) is 0.554. The number of carbonyl (C=O) groups excluding carboxylic acids is 1. The summed E-state index contributed by atoms with van der Waals surface area (Å²) >= 11 is 0. The summed E-state index contributed by atoms with van der Waals surface area (Å²) in [7, 11) is 0. The average molecular weight is 146 g/mol. The van der Waals surface area contributed by atoms with Crippen molar-refractivity contribution in [2.24, 2.45) is 0 Å². The van der Waals surface area contributed by atoms with Crippen LogP contribution in [0, 0.1) is 0 Å².